The molecule has 0 fully saturated rings. The molecule has 1 aromatic carbocycles. The van der Waals surface area contributed by atoms with Gasteiger partial charge in [0.25, 0.3) is 15.6 Å². The number of fused-ring (bicyclic) bond motifs is 1. The zero-order chi connectivity index (χ0) is 16.5. The van der Waals surface area contributed by atoms with Crippen molar-refractivity contribution in [1.82, 2.24) is 0 Å². The van der Waals surface area contributed by atoms with Crippen molar-refractivity contribution >= 4 is 58.0 Å². The van der Waals surface area contributed by atoms with E-state index in [1.807, 2.05) is 0 Å². The van der Waals surface area contributed by atoms with Crippen LogP contribution in [0.1, 0.15) is 6.92 Å². The lowest BCUT2D eigenvalue weighted by atomic mass is 10.1. The fraction of sp³-hybridized carbons (Fsp3) is 0.286. The number of carbonyl (C=O) groups excluding carboxylic acids is 2. The molecule has 1 heterocycles. The van der Waals surface area contributed by atoms with E-state index < -0.39 is 15.8 Å². The van der Waals surface area contributed by atoms with E-state index in [9.17, 15) is 9.59 Å². The Labute approximate surface area is 142 Å². The first-order valence-corrected chi connectivity index (χ1v) is 7.48. The van der Waals surface area contributed by atoms with Crippen LogP contribution < -0.4 is 15.0 Å². The predicted octanol–water partition coefficient (Wildman–Crippen LogP) is 3.30. The SMILES string of the molecule is C=CCN1C(=O)C(C)Oc2cc(NC(=O)C(Cl)(Cl)Cl)ccc21. The number of carbonyl (C=O) groups is 2. The van der Waals surface area contributed by atoms with Crippen LogP contribution in [0.5, 0.6) is 5.75 Å². The van der Waals surface area contributed by atoms with Crippen molar-refractivity contribution in [3.63, 3.8) is 0 Å². The van der Waals surface area contributed by atoms with Gasteiger partial charge in [-0.2, -0.15) is 0 Å². The number of anilines is 2. The maximum Gasteiger partial charge on any atom is 0.276 e. The van der Waals surface area contributed by atoms with Crippen LogP contribution in [0, 0.1) is 0 Å². The summed E-state index contributed by atoms with van der Waals surface area (Å²) in [6.45, 7) is 5.64. The second-order valence-corrected chi connectivity index (χ2v) is 6.91. The average molecular weight is 364 g/mol. The van der Waals surface area contributed by atoms with Gasteiger partial charge in [-0.25, -0.2) is 0 Å². The minimum atomic E-state index is -2.06. The highest BCUT2D eigenvalue weighted by Crippen LogP contribution is 2.37. The molecule has 8 heteroatoms. The van der Waals surface area contributed by atoms with E-state index in [4.69, 9.17) is 39.5 Å². The molecule has 2 rings (SSSR count). The third-order valence-electron chi connectivity index (χ3n) is 3.00. The molecule has 0 spiro atoms. The first kappa shape index (κ1) is 16.9. The Kier molecular flexibility index (Phi) is 4.90. The summed E-state index contributed by atoms with van der Waals surface area (Å²) in [6, 6.07) is 4.81. The fourth-order valence-electron chi connectivity index (χ4n) is 2.01. The molecule has 1 atom stereocenters. The molecule has 0 aliphatic carbocycles. The van der Waals surface area contributed by atoms with Gasteiger partial charge in [0, 0.05) is 18.3 Å². The zero-order valence-corrected chi connectivity index (χ0v) is 13.9. The van der Waals surface area contributed by atoms with E-state index in [1.54, 1.807) is 36.1 Å². The number of ether oxygens (including phenoxy) is 1. The molecule has 22 heavy (non-hydrogen) atoms. The van der Waals surface area contributed by atoms with Gasteiger partial charge >= 0.3 is 0 Å². The molecule has 1 aliphatic rings. The highest BCUT2D eigenvalue weighted by molar-refractivity contribution is 6.76. The van der Waals surface area contributed by atoms with Crippen molar-refractivity contribution in [2.45, 2.75) is 16.8 Å². The molecular formula is C14H13Cl3N2O3. The van der Waals surface area contributed by atoms with Crippen LogP contribution in [-0.2, 0) is 9.59 Å². The third kappa shape index (κ3) is 3.48. The maximum atomic E-state index is 12.1. The summed E-state index contributed by atoms with van der Waals surface area (Å²) in [6.07, 6.45) is 0.990. The van der Waals surface area contributed by atoms with Gasteiger partial charge in [-0.15, -0.1) is 6.58 Å². The molecule has 5 nitrogen and oxygen atoms in total. The lowest BCUT2D eigenvalue weighted by Crippen LogP contribution is -2.44. The van der Waals surface area contributed by atoms with Gasteiger partial charge in [0.05, 0.1) is 5.69 Å². The van der Waals surface area contributed by atoms with Crippen molar-refractivity contribution in [3.8, 4) is 5.75 Å². The smallest absolute Gasteiger partial charge is 0.276 e. The zero-order valence-electron chi connectivity index (χ0n) is 11.6. The Morgan fingerprint density at radius 1 is 1.50 bits per heavy atom. The number of alkyl halides is 3. The molecule has 0 saturated carbocycles. The predicted molar refractivity (Wildman–Crippen MR) is 88.0 cm³/mol. The molecule has 0 bridgehead atoms. The lowest BCUT2D eigenvalue weighted by Gasteiger charge is -2.32. The standard InChI is InChI=1S/C14H13Cl3N2O3/c1-3-6-19-10-5-4-9(18-13(21)14(15,16)17)7-11(10)22-8(2)12(19)20/h3-5,7-8H,1,6H2,2H3,(H,18,21). The number of rotatable bonds is 3. The molecule has 2 amide bonds. The van der Waals surface area contributed by atoms with E-state index in [0.29, 0.717) is 23.7 Å². The molecule has 1 aliphatic heterocycles. The summed E-state index contributed by atoms with van der Waals surface area (Å²) < 4.78 is 3.49. The topological polar surface area (TPSA) is 58.6 Å². The summed E-state index contributed by atoms with van der Waals surface area (Å²) in [5, 5.41) is 2.47. The Morgan fingerprint density at radius 3 is 2.77 bits per heavy atom. The Hall–Kier alpha value is -1.43. The second-order valence-electron chi connectivity index (χ2n) is 4.63. The monoisotopic (exact) mass is 362 g/mol. The van der Waals surface area contributed by atoms with Crippen molar-refractivity contribution in [2.75, 3.05) is 16.8 Å². The van der Waals surface area contributed by atoms with Crippen molar-refractivity contribution in [3.05, 3.63) is 30.9 Å². The highest BCUT2D eigenvalue weighted by atomic mass is 35.6. The number of nitrogens with zero attached hydrogens (tertiary/aromatic N) is 1. The van der Waals surface area contributed by atoms with E-state index in [0.717, 1.165) is 0 Å². The van der Waals surface area contributed by atoms with E-state index in [1.165, 1.54) is 0 Å². The minimum absolute atomic E-state index is 0.162. The van der Waals surface area contributed by atoms with Crippen molar-refractivity contribution in [2.24, 2.45) is 0 Å². The first-order chi connectivity index (χ1) is 10.2. The largest absolute Gasteiger partial charge is 0.479 e. The molecule has 1 unspecified atom stereocenters. The number of halogens is 3. The van der Waals surface area contributed by atoms with E-state index in [-0.39, 0.29) is 5.91 Å². The minimum Gasteiger partial charge on any atom is -0.479 e. The molecule has 0 radical (unpaired) electrons. The highest BCUT2D eigenvalue weighted by Gasteiger charge is 2.33. The maximum absolute atomic E-state index is 12.1. The normalized spacial score (nSPS) is 17.5. The number of amides is 2. The molecule has 0 saturated heterocycles. The van der Waals surface area contributed by atoms with Gasteiger partial charge in [0.15, 0.2) is 6.10 Å². The molecule has 1 N–H and O–H groups in total. The second kappa shape index (κ2) is 6.36. The molecule has 1 aromatic rings. The van der Waals surface area contributed by atoms with E-state index >= 15 is 0 Å². The lowest BCUT2D eigenvalue weighted by molar-refractivity contribution is -0.125. The number of hydrogen-bond acceptors (Lipinski definition) is 3. The molecule has 0 aromatic heterocycles. The summed E-state index contributed by atoms with van der Waals surface area (Å²) in [4.78, 5) is 25.3. The Bertz CT molecular complexity index is 628. The quantitative estimate of drug-likeness (QED) is 0.662. The van der Waals surface area contributed by atoms with Crippen LogP contribution in [0.2, 0.25) is 0 Å². The summed E-state index contributed by atoms with van der Waals surface area (Å²) in [5.74, 6) is -0.484. The van der Waals surface area contributed by atoms with Gasteiger partial charge in [-0.3, -0.25) is 9.59 Å². The average Bonchev–Trinajstić information content (AvgIpc) is 2.42. The Balaban J connectivity index is 2.31. The van der Waals surface area contributed by atoms with Crippen LogP contribution in [0.25, 0.3) is 0 Å². The molecular weight excluding hydrogens is 351 g/mol. The summed E-state index contributed by atoms with van der Waals surface area (Å²) in [5.41, 5.74) is 0.991. The third-order valence-corrected chi connectivity index (χ3v) is 3.51. The van der Waals surface area contributed by atoms with Crippen LogP contribution in [0.3, 0.4) is 0 Å². The van der Waals surface area contributed by atoms with E-state index in [2.05, 4.69) is 11.9 Å². The molecule has 118 valence electrons. The first-order valence-electron chi connectivity index (χ1n) is 6.35. The fourth-order valence-corrected chi connectivity index (χ4v) is 2.15. The van der Waals surface area contributed by atoms with Crippen LogP contribution in [-0.4, -0.2) is 28.3 Å². The van der Waals surface area contributed by atoms with Gasteiger partial charge in [0.1, 0.15) is 5.75 Å². The number of hydrogen-bond donors (Lipinski definition) is 1. The van der Waals surface area contributed by atoms with Crippen LogP contribution >= 0.6 is 34.8 Å². The van der Waals surface area contributed by atoms with Gasteiger partial charge < -0.3 is 15.0 Å². The Morgan fingerprint density at radius 2 is 2.18 bits per heavy atom. The summed E-state index contributed by atoms with van der Waals surface area (Å²) >= 11 is 16.5. The summed E-state index contributed by atoms with van der Waals surface area (Å²) in [7, 11) is 0. The van der Waals surface area contributed by atoms with Gasteiger partial charge in [-0.1, -0.05) is 40.9 Å². The van der Waals surface area contributed by atoms with Gasteiger partial charge in [-0.05, 0) is 19.1 Å². The van der Waals surface area contributed by atoms with Crippen molar-refractivity contribution < 1.29 is 14.3 Å². The van der Waals surface area contributed by atoms with Crippen molar-refractivity contribution in [1.29, 1.82) is 0 Å². The number of nitrogens with one attached hydrogen (secondary N) is 1. The number of benzene rings is 1. The van der Waals surface area contributed by atoms with Crippen LogP contribution in [0.4, 0.5) is 11.4 Å². The van der Waals surface area contributed by atoms with Gasteiger partial charge in [0.2, 0.25) is 0 Å². The van der Waals surface area contributed by atoms with Crippen LogP contribution in [0.15, 0.2) is 30.9 Å².